The number of aromatic nitrogens is 2. The Bertz CT molecular complexity index is 736. The van der Waals surface area contributed by atoms with Gasteiger partial charge in [-0.2, -0.15) is 0 Å². The van der Waals surface area contributed by atoms with Crippen molar-refractivity contribution in [2.45, 2.75) is 83.4 Å². The fourth-order valence-electron chi connectivity index (χ4n) is 3.92. The first-order valence-corrected chi connectivity index (χ1v) is 10.6. The Labute approximate surface area is 172 Å². The van der Waals surface area contributed by atoms with Gasteiger partial charge < -0.3 is 10.1 Å². The number of rotatable bonds is 5. The molecule has 7 nitrogen and oxygen atoms in total. The molecular formula is C22H32N4O3. The van der Waals surface area contributed by atoms with E-state index < -0.39 is 17.7 Å². The van der Waals surface area contributed by atoms with Crippen LogP contribution in [0.2, 0.25) is 0 Å². The summed E-state index contributed by atoms with van der Waals surface area (Å²) >= 11 is 0. The summed E-state index contributed by atoms with van der Waals surface area (Å²) in [6, 6.07) is 1.57. The molecule has 2 fully saturated rings. The Morgan fingerprint density at radius 2 is 1.79 bits per heavy atom. The number of hydrogen-bond donors (Lipinski definition) is 1. The molecule has 7 heteroatoms. The van der Waals surface area contributed by atoms with Crippen LogP contribution in [0.5, 0.6) is 0 Å². The quantitative estimate of drug-likeness (QED) is 0.759. The van der Waals surface area contributed by atoms with Crippen molar-refractivity contribution in [3.8, 4) is 0 Å². The molecule has 0 radical (unpaired) electrons. The molecule has 2 aliphatic rings. The van der Waals surface area contributed by atoms with Crippen molar-refractivity contribution in [1.29, 1.82) is 0 Å². The SMILES string of the molecule is CC(C)(C)OC(=O)N1CCC[C@H]1C(=O)/C=C(\NC1CCCCC1)c1ncccn1. The first-order valence-electron chi connectivity index (χ1n) is 10.6. The highest BCUT2D eigenvalue weighted by atomic mass is 16.6. The van der Waals surface area contributed by atoms with Crippen LogP contribution in [0.25, 0.3) is 5.70 Å². The molecule has 1 aliphatic carbocycles. The molecule has 1 saturated carbocycles. The van der Waals surface area contributed by atoms with Gasteiger partial charge in [-0.25, -0.2) is 14.8 Å². The fourth-order valence-corrected chi connectivity index (χ4v) is 3.92. The standard InChI is InChI=1S/C22H32N4O3/c1-22(2,3)29-21(28)26-14-7-11-18(26)19(27)15-17(20-23-12-8-13-24-20)25-16-9-5-4-6-10-16/h8,12-13,15-16,18,25H,4-7,9-11,14H2,1-3H3/b17-15-/t18-/m0/s1. The van der Waals surface area contributed by atoms with Gasteiger partial charge in [0.25, 0.3) is 0 Å². The highest BCUT2D eigenvalue weighted by molar-refractivity contribution is 6.01. The summed E-state index contributed by atoms with van der Waals surface area (Å²) in [7, 11) is 0. The van der Waals surface area contributed by atoms with Crippen LogP contribution in [-0.4, -0.2) is 51.0 Å². The number of ether oxygens (including phenoxy) is 1. The predicted molar refractivity (Wildman–Crippen MR) is 111 cm³/mol. The molecule has 1 saturated heterocycles. The van der Waals surface area contributed by atoms with Crippen molar-refractivity contribution >= 4 is 17.6 Å². The molecule has 29 heavy (non-hydrogen) atoms. The second kappa shape index (κ2) is 9.37. The molecule has 158 valence electrons. The highest BCUT2D eigenvalue weighted by Crippen LogP contribution is 2.24. The molecule has 0 aromatic carbocycles. The zero-order valence-electron chi connectivity index (χ0n) is 17.7. The average molecular weight is 401 g/mol. The molecule has 3 rings (SSSR count). The van der Waals surface area contributed by atoms with Gasteiger partial charge in [-0.1, -0.05) is 19.3 Å². The van der Waals surface area contributed by atoms with Crippen molar-refractivity contribution in [2.24, 2.45) is 0 Å². The van der Waals surface area contributed by atoms with E-state index in [4.69, 9.17) is 4.74 Å². The second-order valence-corrected chi connectivity index (χ2v) is 8.84. The van der Waals surface area contributed by atoms with E-state index in [-0.39, 0.29) is 5.78 Å². The van der Waals surface area contributed by atoms with Crippen molar-refractivity contribution in [1.82, 2.24) is 20.2 Å². The summed E-state index contributed by atoms with van der Waals surface area (Å²) in [6.07, 6.45) is 11.7. The first kappa shape index (κ1) is 21.3. The van der Waals surface area contributed by atoms with Crippen molar-refractivity contribution in [3.63, 3.8) is 0 Å². The highest BCUT2D eigenvalue weighted by Gasteiger charge is 2.36. The van der Waals surface area contributed by atoms with Crippen LogP contribution in [0, 0.1) is 0 Å². The molecular weight excluding hydrogens is 368 g/mol. The van der Waals surface area contributed by atoms with Gasteiger partial charge in [0.1, 0.15) is 5.60 Å². The molecule has 0 bridgehead atoms. The number of nitrogens with zero attached hydrogens (tertiary/aromatic N) is 3. The average Bonchev–Trinajstić information content (AvgIpc) is 3.18. The Hall–Kier alpha value is -2.44. The van der Waals surface area contributed by atoms with Crippen LogP contribution in [0.15, 0.2) is 24.5 Å². The van der Waals surface area contributed by atoms with Crippen molar-refractivity contribution in [2.75, 3.05) is 6.54 Å². The first-order chi connectivity index (χ1) is 13.8. The fraction of sp³-hybridized carbons (Fsp3) is 0.636. The maximum Gasteiger partial charge on any atom is 0.410 e. The number of likely N-dealkylation sites (tertiary alicyclic amines) is 1. The van der Waals surface area contributed by atoms with Gasteiger partial charge in [-0.15, -0.1) is 0 Å². The Kier molecular flexibility index (Phi) is 6.87. The zero-order valence-corrected chi connectivity index (χ0v) is 17.7. The Balaban J connectivity index is 1.78. The topological polar surface area (TPSA) is 84.4 Å². The van der Waals surface area contributed by atoms with Gasteiger partial charge in [0.2, 0.25) is 0 Å². The van der Waals surface area contributed by atoms with E-state index in [1.54, 1.807) is 29.4 Å². The lowest BCUT2D eigenvalue weighted by Crippen LogP contribution is -2.43. The van der Waals surface area contributed by atoms with Gasteiger partial charge >= 0.3 is 6.09 Å². The van der Waals surface area contributed by atoms with E-state index in [1.165, 1.54) is 19.3 Å². The van der Waals surface area contributed by atoms with Gasteiger partial charge in [0.05, 0.1) is 11.7 Å². The van der Waals surface area contributed by atoms with E-state index >= 15 is 0 Å². The van der Waals surface area contributed by atoms with Crippen LogP contribution in [-0.2, 0) is 9.53 Å². The lowest BCUT2D eigenvalue weighted by molar-refractivity contribution is -0.118. The molecule has 1 aromatic rings. The van der Waals surface area contributed by atoms with E-state index in [0.29, 0.717) is 30.5 Å². The predicted octanol–water partition coefficient (Wildman–Crippen LogP) is 3.71. The molecule has 1 amide bonds. The van der Waals surface area contributed by atoms with E-state index in [1.807, 2.05) is 20.8 Å². The minimum absolute atomic E-state index is 0.112. The molecule has 2 heterocycles. The summed E-state index contributed by atoms with van der Waals surface area (Å²) in [5, 5.41) is 3.49. The lowest BCUT2D eigenvalue weighted by Gasteiger charge is -2.28. The summed E-state index contributed by atoms with van der Waals surface area (Å²) < 4.78 is 5.49. The molecule has 1 N–H and O–H groups in total. The summed E-state index contributed by atoms with van der Waals surface area (Å²) in [5.74, 6) is 0.396. The Morgan fingerprint density at radius 1 is 1.10 bits per heavy atom. The van der Waals surface area contributed by atoms with Gasteiger partial charge in [-0.05, 0) is 52.5 Å². The van der Waals surface area contributed by atoms with Crippen molar-refractivity contribution < 1.29 is 14.3 Å². The maximum absolute atomic E-state index is 13.1. The number of nitrogens with one attached hydrogen (secondary N) is 1. The number of ketones is 1. The third kappa shape index (κ3) is 6.02. The number of hydrogen-bond acceptors (Lipinski definition) is 6. The van der Waals surface area contributed by atoms with Crippen LogP contribution in [0.3, 0.4) is 0 Å². The smallest absolute Gasteiger partial charge is 0.410 e. The number of carbonyl (C=O) groups excluding carboxylic acids is 2. The van der Waals surface area contributed by atoms with Gasteiger partial charge in [0.15, 0.2) is 11.6 Å². The molecule has 1 aliphatic heterocycles. The summed E-state index contributed by atoms with van der Waals surface area (Å²) in [6.45, 7) is 6.02. The maximum atomic E-state index is 13.1. The van der Waals surface area contributed by atoms with Gasteiger partial charge in [-0.3, -0.25) is 9.69 Å². The monoisotopic (exact) mass is 400 g/mol. The van der Waals surface area contributed by atoms with Crippen molar-refractivity contribution in [3.05, 3.63) is 30.4 Å². The number of amides is 1. The van der Waals surface area contributed by atoms with Gasteiger partial charge in [0, 0.05) is 31.1 Å². The lowest BCUT2D eigenvalue weighted by atomic mass is 9.95. The second-order valence-electron chi connectivity index (χ2n) is 8.84. The third-order valence-electron chi connectivity index (χ3n) is 5.27. The normalized spacial score (nSPS) is 21.1. The summed E-state index contributed by atoms with van der Waals surface area (Å²) in [4.78, 5) is 35.9. The van der Waals surface area contributed by atoms with Crippen LogP contribution >= 0.6 is 0 Å². The molecule has 1 atom stereocenters. The largest absolute Gasteiger partial charge is 0.444 e. The molecule has 1 aromatic heterocycles. The van der Waals surface area contributed by atoms with Crippen LogP contribution < -0.4 is 5.32 Å². The third-order valence-corrected chi connectivity index (χ3v) is 5.27. The Morgan fingerprint density at radius 3 is 2.45 bits per heavy atom. The minimum Gasteiger partial charge on any atom is -0.444 e. The van der Waals surface area contributed by atoms with Crippen LogP contribution in [0.4, 0.5) is 4.79 Å². The minimum atomic E-state index is -0.589. The number of carbonyl (C=O) groups is 2. The molecule has 0 spiro atoms. The zero-order chi connectivity index (χ0) is 20.9. The van der Waals surface area contributed by atoms with E-state index in [9.17, 15) is 9.59 Å². The van der Waals surface area contributed by atoms with E-state index in [2.05, 4.69) is 15.3 Å². The van der Waals surface area contributed by atoms with Crippen LogP contribution in [0.1, 0.15) is 71.5 Å². The molecule has 0 unspecified atom stereocenters. The van der Waals surface area contributed by atoms with E-state index in [0.717, 1.165) is 19.3 Å². The summed E-state index contributed by atoms with van der Waals surface area (Å²) in [5.41, 5.74) is 0.0489.